The number of methoxy groups -OCH3 is 1. The van der Waals surface area contributed by atoms with Gasteiger partial charge in [0.15, 0.2) is 0 Å². The van der Waals surface area contributed by atoms with Gasteiger partial charge in [-0.25, -0.2) is 5.43 Å². The first kappa shape index (κ1) is 19.6. The summed E-state index contributed by atoms with van der Waals surface area (Å²) in [5, 5.41) is 17.1. The van der Waals surface area contributed by atoms with Gasteiger partial charge in [0, 0.05) is 22.8 Å². The topological polar surface area (TPSA) is 123 Å². The molecule has 2 rings (SSSR count). The smallest absolute Gasteiger partial charge is 0.273 e. The number of carbonyl (C=O) groups is 2. The predicted molar refractivity (Wildman–Crippen MR) is 98.9 cm³/mol. The maximum atomic E-state index is 12.2. The number of benzene rings is 2. The molecule has 9 nitrogen and oxygen atoms in total. The molecule has 2 aromatic carbocycles. The van der Waals surface area contributed by atoms with E-state index in [1.165, 1.54) is 38.4 Å². The van der Waals surface area contributed by atoms with E-state index in [1.807, 2.05) is 0 Å². The summed E-state index contributed by atoms with van der Waals surface area (Å²) >= 11 is 0. The molecule has 0 bridgehead atoms. The van der Waals surface area contributed by atoms with Gasteiger partial charge < -0.3 is 10.1 Å². The Balaban J connectivity index is 1.92. The summed E-state index contributed by atoms with van der Waals surface area (Å²) in [4.78, 5) is 34.3. The van der Waals surface area contributed by atoms with Crippen LogP contribution in [0.1, 0.15) is 21.5 Å². The number of hydrogen-bond acceptors (Lipinski definition) is 6. The van der Waals surface area contributed by atoms with E-state index in [1.54, 1.807) is 24.3 Å². The molecule has 0 fully saturated rings. The molecule has 0 unspecified atom stereocenters. The Hall–Kier alpha value is -3.75. The van der Waals surface area contributed by atoms with Crippen LogP contribution in [0.5, 0.6) is 5.75 Å². The quantitative estimate of drug-likeness (QED) is 0.437. The van der Waals surface area contributed by atoms with Crippen LogP contribution >= 0.6 is 0 Å². The molecular weight excluding hydrogens is 352 g/mol. The first-order valence-corrected chi connectivity index (χ1v) is 7.91. The van der Waals surface area contributed by atoms with Crippen LogP contribution in [-0.4, -0.2) is 36.6 Å². The zero-order valence-corrected chi connectivity index (χ0v) is 14.8. The van der Waals surface area contributed by atoms with Crippen molar-refractivity contribution in [1.82, 2.24) is 10.7 Å². The van der Waals surface area contributed by atoms with Crippen molar-refractivity contribution in [1.29, 1.82) is 0 Å². The van der Waals surface area contributed by atoms with E-state index in [9.17, 15) is 19.7 Å². The van der Waals surface area contributed by atoms with Crippen LogP contribution in [0, 0.1) is 17.0 Å². The number of nitro benzene ring substituents is 1. The average molecular weight is 370 g/mol. The second kappa shape index (κ2) is 9.09. The van der Waals surface area contributed by atoms with E-state index >= 15 is 0 Å². The van der Waals surface area contributed by atoms with Gasteiger partial charge in [-0.05, 0) is 25.1 Å². The Morgan fingerprint density at radius 2 is 1.96 bits per heavy atom. The summed E-state index contributed by atoms with van der Waals surface area (Å²) in [6.45, 7) is 1.15. The van der Waals surface area contributed by atoms with Crippen molar-refractivity contribution < 1.29 is 19.2 Å². The molecule has 2 aromatic rings. The number of carbonyl (C=O) groups excluding carboxylic acids is 2. The van der Waals surface area contributed by atoms with Gasteiger partial charge in [0.1, 0.15) is 5.75 Å². The Labute approximate surface area is 155 Å². The van der Waals surface area contributed by atoms with E-state index in [0.29, 0.717) is 11.3 Å². The Morgan fingerprint density at radius 1 is 1.22 bits per heavy atom. The summed E-state index contributed by atoms with van der Waals surface area (Å²) in [6.07, 6.45) is 1.42. The summed E-state index contributed by atoms with van der Waals surface area (Å²) in [7, 11) is 1.52. The standard InChI is InChI=1S/C18H18N4O5/c1-12-14(7-5-8-15(12)22(25)26)18(24)19-11-17(23)21-20-10-13-6-3-4-9-16(13)27-2/h3-10H,11H2,1-2H3,(H,19,24)(H,21,23)/b20-10-. The fourth-order valence-electron chi connectivity index (χ4n) is 2.31. The van der Waals surface area contributed by atoms with Crippen molar-refractivity contribution in [3.63, 3.8) is 0 Å². The molecule has 0 heterocycles. The Morgan fingerprint density at radius 3 is 2.67 bits per heavy atom. The van der Waals surface area contributed by atoms with Crippen molar-refractivity contribution >= 4 is 23.7 Å². The molecule has 27 heavy (non-hydrogen) atoms. The normalized spacial score (nSPS) is 10.4. The van der Waals surface area contributed by atoms with Gasteiger partial charge in [-0.3, -0.25) is 19.7 Å². The monoisotopic (exact) mass is 370 g/mol. The minimum Gasteiger partial charge on any atom is -0.496 e. The van der Waals surface area contributed by atoms with Gasteiger partial charge >= 0.3 is 0 Å². The minimum atomic E-state index is -0.583. The fraction of sp³-hybridized carbons (Fsp3) is 0.167. The lowest BCUT2D eigenvalue weighted by Crippen LogP contribution is -2.35. The molecule has 0 aliphatic heterocycles. The van der Waals surface area contributed by atoms with Gasteiger partial charge in [0.25, 0.3) is 17.5 Å². The summed E-state index contributed by atoms with van der Waals surface area (Å²) in [5.74, 6) is -0.525. The maximum Gasteiger partial charge on any atom is 0.273 e. The Kier molecular flexibility index (Phi) is 6.59. The van der Waals surface area contributed by atoms with Gasteiger partial charge in [-0.1, -0.05) is 18.2 Å². The summed E-state index contributed by atoms with van der Waals surface area (Å²) in [6, 6.07) is 11.3. The number of ether oxygens (including phenoxy) is 1. The molecule has 0 aromatic heterocycles. The third kappa shape index (κ3) is 5.11. The SMILES string of the molecule is COc1ccccc1/C=N\NC(=O)CNC(=O)c1cccc([N+](=O)[O-])c1C. The number of hydrazone groups is 1. The van der Waals surface area contributed by atoms with Crippen LogP contribution in [-0.2, 0) is 4.79 Å². The van der Waals surface area contributed by atoms with Gasteiger partial charge in [0.2, 0.25) is 0 Å². The molecule has 0 aliphatic rings. The van der Waals surface area contributed by atoms with Crippen molar-refractivity contribution in [2.45, 2.75) is 6.92 Å². The lowest BCUT2D eigenvalue weighted by molar-refractivity contribution is -0.385. The number of rotatable bonds is 7. The molecular formula is C18H18N4O5. The molecule has 0 radical (unpaired) electrons. The summed E-state index contributed by atoms with van der Waals surface area (Å²) < 4.78 is 5.16. The van der Waals surface area contributed by atoms with Crippen molar-refractivity contribution in [3.05, 3.63) is 69.3 Å². The molecule has 9 heteroatoms. The molecule has 140 valence electrons. The van der Waals surface area contributed by atoms with Crippen molar-refractivity contribution in [2.24, 2.45) is 5.10 Å². The molecule has 2 amide bonds. The van der Waals surface area contributed by atoms with E-state index < -0.39 is 16.7 Å². The second-order valence-corrected chi connectivity index (χ2v) is 5.42. The van der Waals surface area contributed by atoms with Gasteiger partial charge in [-0.2, -0.15) is 5.10 Å². The third-order valence-electron chi connectivity index (χ3n) is 3.69. The average Bonchev–Trinajstić information content (AvgIpc) is 2.66. The van der Waals surface area contributed by atoms with E-state index in [4.69, 9.17) is 4.74 Å². The second-order valence-electron chi connectivity index (χ2n) is 5.42. The van der Waals surface area contributed by atoms with E-state index in [0.717, 1.165) is 0 Å². The number of hydrogen-bond donors (Lipinski definition) is 2. The van der Waals surface area contributed by atoms with Crippen LogP contribution in [0.25, 0.3) is 0 Å². The molecule has 0 aliphatic carbocycles. The number of para-hydroxylation sites is 1. The van der Waals surface area contributed by atoms with Crippen molar-refractivity contribution in [2.75, 3.05) is 13.7 Å². The van der Waals surface area contributed by atoms with Crippen LogP contribution in [0.4, 0.5) is 5.69 Å². The lowest BCUT2D eigenvalue weighted by Gasteiger charge is -2.07. The molecule has 2 N–H and O–H groups in total. The van der Waals surface area contributed by atoms with Crippen LogP contribution in [0.2, 0.25) is 0 Å². The Bertz CT molecular complexity index is 895. The van der Waals surface area contributed by atoms with Gasteiger partial charge in [0.05, 0.1) is 24.8 Å². The zero-order chi connectivity index (χ0) is 19.8. The number of nitrogens with zero attached hydrogens (tertiary/aromatic N) is 2. The van der Waals surface area contributed by atoms with Crippen LogP contribution < -0.4 is 15.5 Å². The zero-order valence-electron chi connectivity index (χ0n) is 14.8. The lowest BCUT2D eigenvalue weighted by atomic mass is 10.1. The highest BCUT2D eigenvalue weighted by Crippen LogP contribution is 2.20. The first-order chi connectivity index (χ1) is 12.9. The third-order valence-corrected chi connectivity index (χ3v) is 3.69. The van der Waals surface area contributed by atoms with Crippen molar-refractivity contribution in [3.8, 4) is 5.75 Å². The van der Waals surface area contributed by atoms with E-state index in [2.05, 4.69) is 15.8 Å². The molecule has 0 saturated carbocycles. The van der Waals surface area contributed by atoms with Crippen LogP contribution in [0.3, 0.4) is 0 Å². The van der Waals surface area contributed by atoms with Crippen LogP contribution in [0.15, 0.2) is 47.6 Å². The largest absolute Gasteiger partial charge is 0.496 e. The highest BCUT2D eigenvalue weighted by molar-refractivity contribution is 5.98. The highest BCUT2D eigenvalue weighted by atomic mass is 16.6. The first-order valence-electron chi connectivity index (χ1n) is 7.91. The highest BCUT2D eigenvalue weighted by Gasteiger charge is 2.18. The summed E-state index contributed by atoms with van der Waals surface area (Å²) in [5.41, 5.74) is 3.17. The minimum absolute atomic E-state index is 0.134. The number of nitrogens with one attached hydrogen (secondary N) is 2. The molecule has 0 saturated heterocycles. The predicted octanol–water partition coefficient (Wildman–Crippen LogP) is 1.79. The number of amides is 2. The number of nitro groups is 1. The molecule has 0 spiro atoms. The van der Waals surface area contributed by atoms with E-state index in [-0.39, 0.29) is 23.4 Å². The van der Waals surface area contributed by atoms with Gasteiger partial charge in [-0.15, -0.1) is 0 Å². The maximum absolute atomic E-state index is 12.2. The fourth-order valence-corrected chi connectivity index (χ4v) is 2.31. The molecule has 0 atom stereocenters.